The minimum atomic E-state index is 0.649. The Labute approximate surface area is 341 Å². The van der Waals surface area contributed by atoms with E-state index in [4.69, 9.17) is 0 Å². The molecule has 3 aliphatic carbocycles. The van der Waals surface area contributed by atoms with Crippen LogP contribution in [0.15, 0.2) is 188 Å². The number of benzene rings is 7. The molecular weight excluding hydrogens is 701 g/mol. The molecule has 2 nitrogen and oxygen atoms in total. The van der Waals surface area contributed by atoms with Crippen molar-refractivity contribution in [3.05, 3.63) is 204 Å². The van der Waals surface area contributed by atoms with E-state index in [2.05, 4.69) is 198 Å². The van der Waals surface area contributed by atoms with Gasteiger partial charge in [0.2, 0.25) is 0 Å². The van der Waals surface area contributed by atoms with Gasteiger partial charge in [0.1, 0.15) is 0 Å². The Morgan fingerprint density at radius 1 is 0.586 bits per heavy atom. The summed E-state index contributed by atoms with van der Waals surface area (Å²) in [5.74, 6) is 0.649. The topological polar surface area (TPSA) is 8.17 Å². The van der Waals surface area contributed by atoms with Gasteiger partial charge in [-0.1, -0.05) is 152 Å². The molecule has 2 heteroatoms. The normalized spacial score (nSPS) is 16.1. The van der Waals surface area contributed by atoms with E-state index < -0.39 is 0 Å². The van der Waals surface area contributed by atoms with E-state index in [0.29, 0.717) is 5.92 Å². The van der Waals surface area contributed by atoms with Crippen LogP contribution in [-0.2, 0) is 6.42 Å². The van der Waals surface area contributed by atoms with E-state index in [1.165, 1.54) is 103 Å². The van der Waals surface area contributed by atoms with Crippen LogP contribution in [-0.4, -0.2) is 4.57 Å². The summed E-state index contributed by atoms with van der Waals surface area (Å²) in [6, 6.07) is 60.7. The molecule has 0 bridgehead atoms. The molecule has 0 amide bonds. The fraction of sp³-hybridized carbons (Fsp3) is 0.143. The predicted octanol–water partition coefficient (Wildman–Crippen LogP) is 15.5. The van der Waals surface area contributed by atoms with E-state index in [1.807, 2.05) is 0 Å². The van der Waals surface area contributed by atoms with Gasteiger partial charge in [0.15, 0.2) is 0 Å². The molecule has 1 saturated carbocycles. The third kappa shape index (κ3) is 6.03. The number of allylic oxidation sites excluding steroid dienone is 5. The second-order valence-electron chi connectivity index (χ2n) is 16.2. The van der Waals surface area contributed by atoms with Gasteiger partial charge >= 0.3 is 0 Å². The van der Waals surface area contributed by atoms with Crippen LogP contribution < -0.4 is 4.90 Å². The lowest BCUT2D eigenvalue weighted by molar-refractivity contribution is 0.445. The highest BCUT2D eigenvalue weighted by Crippen LogP contribution is 2.47. The van der Waals surface area contributed by atoms with Gasteiger partial charge in [0, 0.05) is 39.1 Å². The molecule has 1 heterocycles. The van der Waals surface area contributed by atoms with Crippen molar-refractivity contribution >= 4 is 50.4 Å². The van der Waals surface area contributed by atoms with Crippen LogP contribution >= 0.6 is 0 Å². The third-order valence-electron chi connectivity index (χ3n) is 12.9. The van der Waals surface area contributed by atoms with Gasteiger partial charge in [-0.25, -0.2) is 0 Å². The molecule has 1 aromatic heterocycles. The maximum Gasteiger partial charge on any atom is 0.0543 e. The first-order valence-corrected chi connectivity index (χ1v) is 21.1. The smallest absolute Gasteiger partial charge is 0.0543 e. The van der Waals surface area contributed by atoms with Crippen molar-refractivity contribution in [1.82, 2.24) is 4.57 Å². The van der Waals surface area contributed by atoms with Crippen molar-refractivity contribution in [2.75, 3.05) is 4.90 Å². The summed E-state index contributed by atoms with van der Waals surface area (Å²) in [7, 11) is 0. The number of nitrogens with zero attached hydrogens (tertiary/aromatic N) is 2. The molecule has 1 unspecified atom stereocenters. The molecule has 1 atom stereocenters. The predicted molar refractivity (Wildman–Crippen MR) is 246 cm³/mol. The standard InChI is InChI=1S/C56H46N2/c1-3-16-39(17-4-1)48-26-11-12-27-49(48)41-32-34-46(35-33-41)57(53-30-14-21-40-18-9-10-28-50(40)53)47-25-13-22-44(36-47)51-29-15-31-54-56(51)52-37-42-19-7-8-20-43(42)38-55(52)58(54)45-23-5-2-6-24-45/h1-3,5-6,9-16,18,21-37,43H,4,7-8,17,19-20,38H2. The van der Waals surface area contributed by atoms with E-state index in [9.17, 15) is 0 Å². The van der Waals surface area contributed by atoms with Gasteiger partial charge in [-0.05, 0) is 132 Å². The fourth-order valence-electron chi connectivity index (χ4n) is 10.1. The minimum absolute atomic E-state index is 0.649. The van der Waals surface area contributed by atoms with Gasteiger partial charge in [-0.15, -0.1) is 0 Å². The lowest BCUT2D eigenvalue weighted by atomic mass is 9.77. The summed E-state index contributed by atoms with van der Waals surface area (Å²) < 4.78 is 2.56. The highest BCUT2D eigenvalue weighted by molar-refractivity contribution is 6.05. The van der Waals surface area contributed by atoms with Crippen molar-refractivity contribution in [2.24, 2.45) is 5.92 Å². The largest absolute Gasteiger partial charge is 0.313 e. The molecule has 3 aliphatic rings. The highest BCUT2D eigenvalue weighted by atomic mass is 15.1. The number of anilines is 3. The summed E-state index contributed by atoms with van der Waals surface area (Å²) in [6.07, 6.45) is 17.7. The monoisotopic (exact) mass is 746 g/mol. The number of fused-ring (bicyclic) bond motifs is 5. The van der Waals surface area contributed by atoms with E-state index in [-0.39, 0.29) is 0 Å². The van der Waals surface area contributed by atoms with E-state index in [1.54, 1.807) is 5.57 Å². The summed E-state index contributed by atoms with van der Waals surface area (Å²) in [5, 5.41) is 3.82. The summed E-state index contributed by atoms with van der Waals surface area (Å²) >= 11 is 0. The average molecular weight is 747 g/mol. The Morgan fingerprint density at radius 3 is 2.24 bits per heavy atom. The van der Waals surface area contributed by atoms with Crippen LogP contribution in [0.4, 0.5) is 17.1 Å². The second kappa shape index (κ2) is 14.7. The van der Waals surface area contributed by atoms with Crippen molar-refractivity contribution in [3.63, 3.8) is 0 Å². The summed E-state index contributed by atoms with van der Waals surface area (Å²) in [6.45, 7) is 0. The molecule has 0 saturated heterocycles. The molecule has 280 valence electrons. The fourth-order valence-corrected chi connectivity index (χ4v) is 10.1. The number of hydrogen-bond donors (Lipinski definition) is 0. The first kappa shape index (κ1) is 34.6. The molecule has 1 fully saturated rings. The van der Waals surface area contributed by atoms with Crippen molar-refractivity contribution < 1.29 is 0 Å². The van der Waals surface area contributed by atoms with E-state index >= 15 is 0 Å². The highest BCUT2D eigenvalue weighted by Gasteiger charge is 2.30. The zero-order valence-electron chi connectivity index (χ0n) is 32.8. The van der Waals surface area contributed by atoms with Crippen LogP contribution in [0.2, 0.25) is 0 Å². The van der Waals surface area contributed by atoms with Gasteiger partial charge in [-0.3, -0.25) is 0 Å². The molecule has 11 rings (SSSR count). The summed E-state index contributed by atoms with van der Waals surface area (Å²) in [4.78, 5) is 2.45. The lowest BCUT2D eigenvalue weighted by Gasteiger charge is -2.30. The van der Waals surface area contributed by atoms with Crippen molar-refractivity contribution in [1.29, 1.82) is 0 Å². The summed E-state index contributed by atoms with van der Waals surface area (Å²) in [5.41, 5.74) is 18.2. The Bertz CT molecular complexity index is 2920. The number of para-hydroxylation sites is 1. The maximum atomic E-state index is 2.58. The quantitative estimate of drug-likeness (QED) is 0.158. The van der Waals surface area contributed by atoms with E-state index in [0.717, 1.165) is 30.6 Å². The molecule has 8 aromatic rings. The molecule has 0 spiro atoms. The molecule has 0 N–H and O–H groups in total. The number of hydrogen-bond acceptors (Lipinski definition) is 1. The zero-order chi connectivity index (χ0) is 38.4. The van der Waals surface area contributed by atoms with Crippen LogP contribution in [0.5, 0.6) is 0 Å². The Morgan fingerprint density at radius 2 is 1.36 bits per heavy atom. The number of aromatic nitrogens is 1. The first-order valence-electron chi connectivity index (χ1n) is 21.1. The third-order valence-corrected chi connectivity index (χ3v) is 12.9. The Kier molecular flexibility index (Phi) is 8.77. The average Bonchev–Trinajstić information content (AvgIpc) is 3.62. The van der Waals surface area contributed by atoms with Gasteiger partial charge < -0.3 is 9.47 Å². The SMILES string of the molecule is C1=CCCC(c2ccccc2-c2ccc(N(c3cccc(-c4cccc5c4c4c(n5-c5ccccc5)CC5CCCCC5=C4)c3)c3cccc4ccccc34)cc2)=C1. The lowest BCUT2D eigenvalue weighted by Crippen LogP contribution is -2.18. The maximum absolute atomic E-state index is 2.58. The van der Waals surface area contributed by atoms with Gasteiger partial charge in [0.05, 0.1) is 11.2 Å². The van der Waals surface area contributed by atoms with Crippen molar-refractivity contribution in [3.8, 4) is 27.9 Å². The molecular formula is C56H46N2. The van der Waals surface area contributed by atoms with Crippen LogP contribution in [0.1, 0.15) is 55.3 Å². The second-order valence-corrected chi connectivity index (χ2v) is 16.2. The number of rotatable bonds is 7. The first-order chi connectivity index (χ1) is 28.8. The van der Waals surface area contributed by atoms with Crippen LogP contribution in [0, 0.1) is 5.92 Å². The Hall–Kier alpha value is -6.64. The molecule has 0 radical (unpaired) electrons. The molecule has 0 aliphatic heterocycles. The van der Waals surface area contributed by atoms with Crippen molar-refractivity contribution in [2.45, 2.75) is 44.9 Å². The Balaban J connectivity index is 1.07. The molecule has 58 heavy (non-hydrogen) atoms. The van der Waals surface area contributed by atoms with Gasteiger partial charge in [-0.2, -0.15) is 0 Å². The van der Waals surface area contributed by atoms with Crippen LogP contribution in [0.3, 0.4) is 0 Å². The minimum Gasteiger partial charge on any atom is -0.313 e. The van der Waals surface area contributed by atoms with Crippen LogP contribution in [0.25, 0.3) is 61.3 Å². The van der Waals surface area contributed by atoms with Gasteiger partial charge in [0.25, 0.3) is 0 Å². The zero-order valence-corrected chi connectivity index (χ0v) is 32.8. The molecule has 7 aromatic carbocycles.